The first kappa shape index (κ1) is 18.5. The van der Waals surface area contributed by atoms with Crippen molar-refractivity contribution in [2.24, 2.45) is 0 Å². The van der Waals surface area contributed by atoms with Crippen LogP contribution >= 0.6 is 0 Å². The molecule has 0 radical (unpaired) electrons. The van der Waals surface area contributed by atoms with Crippen LogP contribution < -0.4 is 11.0 Å². The Kier molecular flexibility index (Phi) is 5.16. The molecule has 0 aliphatic carbocycles. The van der Waals surface area contributed by atoms with Crippen molar-refractivity contribution in [3.8, 4) is 11.3 Å². The van der Waals surface area contributed by atoms with Crippen molar-refractivity contribution >= 4 is 11.6 Å². The number of rotatable bonds is 4. The van der Waals surface area contributed by atoms with Crippen LogP contribution in [0.1, 0.15) is 29.7 Å². The Morgan fingerprint density at radius 3 is 2.37 bits per heavy atom. The number of amides is 1. The number of nitrogens with zero attached hydrogens (tertiary/aromatic N) is 3. The summed E-state index contributed by atoms with van der Waals surface area (Å²) in [6, 6.07) is 12.6. The third kappa shape index (κ3) is 4.11. The lowest BCUT2D eigenvalue weighted by Gasteiger charge is -2.14. The van der Waals surface area contributed by atoms with Gasteiger partial charge in [-0.1, -0.05) is 35.9 Å². The van der Waals surface area contributed by atoms with Crippen LogP contribution in [0.2, 0.25) is 0 Å². The molecule has 6 heteroatoms. The standard InChI is InChI=1S/C21H22N4O2/c1-13-5-8-17(9-6-13)19-12-22-25(21(27)24-19)16(4)20(26)23-18-10-7-14(2)15(3)11-18/h5-12,16H,1-4H3,(H,23,26)/t16-/m1/s1. The Balaban J connectivity index is 1.80. The quantitative estimate of drug-likeness (QED) is 0.771. The van der Waals surface area contributed by atoms with Gasteiger partial charge in [0.05, 0.1) is 11.9 Å². The molecule has 0 saturated heterocycles. The predicted octanol–water partition coefficient (Wildman–Crippen LogP) is 3.43. The highest BCUT2D eigenvalue weighted by Gasteiger charge is 2.18. The molecule has 0 unspecified atom stereocenters. The molecule has 6 nitrogen and oxygen atoms in total. The third-order valence-corrected chi connectivity index (χ3v) is 4.58. The summed E-state index contributed by atoms with van der Waals surface area (Å²) in [6.45, 7) is 7.60. The number of benzene rings is 2. The Hall–Kier alpha value is -3.28. The molecular formula is C21H22N4O2. The van der Waals surface area contributed by atoms with Crippen molar-refractivity contribution in [2.75, 3.05) is 5.32 Å². The maximum Gasteiger partial charge on any atom is 0.365 e. The number of nitrogens with one attached hydrogen (secondary N) is 1. The Morgan fingerprint density at radius 2 is 1.74 bits per heavy atom. The summed E-state index contributed by atoms with van der Waals surface area (Å²) in [6.07, 6.45) is 1.51. The fourth-order valence-corrected chi connectivity index (χ4v) is 2.66. The topological polar surface area (TPSA) is 76.9 Å². The van der Waals surface area contributed by atoms with Gasteiger partial charge in [0.15, 0.2) is 0 Å². The van der Waals surface area contributed by atoms with Crippen LogP contribution in [0.15, 0.2) is 53.5 Å². The van der Waals surface area contributed by atoms with E-state index in [-0.39, 0.29) is 5.91 Å². The summed E-state index contributed by atoms with van der Waals surface area (Å²) >= 11 is 0. The van der Waals surface area contributed by atoms with Crippen molar-refractivity contribution in [2.45, 2.75) is 33.7 Å². The van der Waals surface area contributed by atoms with Crippen molar-refractivity contribution in [3.63, 3.8) is 0 Å². The second-order valence-electron chi connectivity index (χ2n) is 6.70. The highest BCUT2D eigenvalue weighted by Crippen LogP contribution is 2.17. The van der Waals surface area contributed by atoms with Crippen LogP contribution in [0, 0.1) is 20.8 Å². The molecule has 27 heavy (non-hydrogen) atoms. The molecule has 1 N–H and O–H groups in total. The molecule has 2 aromatic carbocycles. The van der Waals surface area contributed by atoms with E-state index in [2.05, 4.69) is 15.4 Å². The lowest BCUT2D eigenvalue weighted by atomic mass is 10.1. The molecule has 0 fully saturated rings. The van der Waals surface area contributed by atoms with Crippen molar-refractivity contribution < 1.29 is 4.79 Å². The Morgan fingerprint density at radius 1 is 1.04 bits per heavy atom. The smallest absolute Gasteiger partial charge is 0.324 e. The van der Waals surface area contributed by atoms with E-state index in [1.54, 1.807) is 6.92 Å². The molecule has 138 valence electrons. The van der Waals surface area contributed by atoms with E-state index in [1.807, 2.05) is 63.2 Å². The van der Waals surface area contributed by atoms with E-state index in [0.717, 1.165) is 26.9 Å². The van der Waals surface area contributed by atoms with Gasteiger partial charge in [-0.05, 0) is 51.0 Å². The van der Waals surface area contributed by atoms with Gasteiger partial charge in [-0.3, -0.25) is 4.79 Å². The molecule has 3 aromatic rings. The second kappa shape index (κ2) is 7.53. The number of hydrogen-bond acceptors (Lipinski definition) is 4. The highest BCUT2D eigenvalue weighted by molar-refractivity contribution is 5.93. The fraction of sp³-hybridized carbons (Fsp3) is 0.238. The lowest BCUT2D eigenvalue weighted by molar-refractivity contribution is -0.119. The minimum Gasteiger partial charge on any atom is -0.324 e. The summed E-state index contributed by atoms with van der Waals surface area (Å²) in [5.41, 5.74) is 4.78. The lowest BCUT2D eigenvalue weighted by Crippen LogP contribution is -2.34. The molecular weight excluding hydrogens is 340 g/mol. The van der Waals surface area contributed by atoms with E-state index in [1.165, 1.54) is 6.20 Å². The third-order valence-electron chi connectivity index (χ3n) is 4.58. The fourth-order valence-electron chi connectivity index (χ4n) is 2.66. The molecule has 0 bridgehead atoms. The number of hydrogen-bond donors (Lipinski definition) is 1. The number of aromatic nitrogens is 3. The summed E-state index contributed by atoms with van der Waals surface area (Å²) in [5, 5.41) is 6.97. The number of anilines is 1. The van der Waals surface area contributed by atoms with Gasteiger partial charge in [0.1, 0.15) is 6.04 Å². The molecule has 0 spiro atoms. The van der Waals surface area contributed by atoms with Gasteiger partial charge in [-0.15, -0.1) is 0 Å². The maximum atomic E-state index is 12.5. The van der Waals surface area contributed by atoms with Crippen LogP contribution in [0.5, 0.6) is 0 Å². The zero-order chi connectivity index (χ0) is 19.6. The molecule has 1 aromatic heterocycles. The normalized spacial score (nSPS) is 11.9. The van der Waals surface area contributed by atoms with E-state index in [4.69, 9.17) is 0 Å². The Labute approximate surface area is 157 Å². The first-order chi connectivity index (χ1) is 12.8. The van der Waals surface area contributed by atoms with Gasteiger partial charge < -0.3 is 5.32 Å². The van der Waals surface area contributed by atoms with Crippen LogP contribution in [0.25, 0.3) is 11.3 Å². The van der Waals surface area contributed by atoms with Gasteiger partial charge >= 0.3 is 5.69 Å². The van der Waals surface area contributed by atoms with Gasteiger partial charge in [-0.2, -0.15) is 10.1 Å². The SMILES string of the molecule is Cc1ccc(-c2cnn([C@H](C)C(=O)Nc3ccc(C)c(C)c3)c(=O)n2)cc1. The van der Waals surface area contributed by atoms with Gasteiger partial charge in [0.25, 0.3) is 0 Å². The minimum atomic E-state index is -0.779. The summed E-state index contributed by atoms with van der Waals surface area (Å²) in [7, 11) is 0. The second-order valence-corrected chi connectivity index (χ2v) is 6.70. The molecule has 1 heterocycles. The average Bonchev–Trinajstić information content (AvgIpc) is 2.64. The molecule has 0 saturated carbocycles. The monoisotopic (exact) mass is 362 g/mol. The van der Waals surface area contributed by atoms with Crippen molar-refractivity contribution in [1.29, 1.82) is 0 Å². The zero-order valence-corrected chi connectivity index (χ0v) is 15.9. The molecule has 1 amide bonds. The number of aryl methyl sites for hydroxylation is 3. The van der Waals surface area contributed by atoms with Crippen LogP contribution in [0.4, 0.5) is 5.69 Å². The number of carbonyl (C=O) groups excluding carboxylic acids is 1. The molecule has 0 aliphatic rings. The van der Waals surface area contributed by atoms with Crippen molar-refractivity contribution in [1.82, 2.24) is 14.8 Å². The molecule has 1 atom stereocenters. The largest absolute Gasteiger partial charge is 0.365 e. The summed E-state index contributed by atoms with van der Waals surface area (Å²) in [5.74, 6) is -0.322. The predicted molar refractivity (Wildman–Crippen MR) is 106 cm³/mol. The van der Waals surface area contributed by atoms with E-state index in [9.17, 15) is 9.59 Å². The van der Waals surface area contributed by atoms with E-state index >= 15 is 0 Å². The van der Waals surface area contributed by atoms with Gasteiger partial charge in [-0.25, -0.2) is 9.48 Å². The summed E-state index contributed by atoms with van der Waals surface area (Å²) < 4.78 is 1.09. The first-order valence-corrected chi connectivity index (χ1v) is 8.76. The van der Waals surface area contributed by atoms with Crippen LogP contribution in [-0.4, -0.2) is 20.7 Å². The van der Waals surface area contributed by atoms with E-state index < -0.39 is 11.7 Å². The first-order valence-electron chi connectivity index (χ1n) is 8.76. The molecule has 0 aliphatic heterocycles. The average molecular weight is 362 g/mol. The maximum absolute atomic E-state index is 12.5. The number of carbonyl (C=O) groups is 1. The minimum absolute atomic E-state index is 0.322. The molecule has 3 rings (SSSR count). The van der Waals surface area contributed by atoms with Crippen LogP contribution in [-0.2, 0) is 4.79 Å². The van der Waals surface area contributed by atoms with E-state index in [0.29, 0.717) is 11.4 Å². The van der Waals surface area contributed by atoms with Crippen molar-refractivity contribution in [3.05, 3.63) is 75.8 Å². The zero-order valence-electron chi connectivity index (χ0n) is 15.9. The van der Waals surface area contributed by atoms with Gasteiger partial charge in [0.2, 0.25) is 5.91 Å². The Bertz CT molecular complexity index is 1040. The van der Waals surface area contributed by atoms with Crippen LogP contribution in [0.3, 0.4) is 0 Å². The highest BCUT2D eigenvalue weighted by atomic mass is 16.2. The summed E-state index contributed by atoms with van der Waals surface area (Å²) in [4.78, 5) is 29.0. The van der Waals surface area contributed by atoms with Gasteiger partial charge in [0, 0.05) is 11.3 Å².